The largest absolute Gasteiger partial charge is 0.353 e. The van der Waals surface area contributed by atoms with Gasteiger partial charge in [0.1, 0.15) is 0 Å². The first-order chi connectivity index (χ1) is 8.20. The zero-order valence-electron chi connectivity index (χ0n) is 8.74. The Morgan fingerprint density at radius 2 is 1.65 bits per heavy atom. The summed E-state index contributed by atoms with van der Waals surface area (Å²) in [5.41, 5.74) is 2.00. The molecule has 2 aromatic rings. The molecule has 0 radical (unpaired) electrons. The monoisotopic (exact) mass is 262 g/mol. The van der Waals surface area contributed by atoms with Crippen molar-refractivity contribution in [1.82, 2.24) is 0 Å². The number of rotatable bonds is 2. The first-order valence-electron chi connectivity index (χ1n) is 4.92. The molecule has 0 saturated heterocycles. The summed E-state index contributed by atoms with van der Waals surface area (Å²) >= 11 is 12.1. The van der Waals surface area contributed by atoms with E-state index in [4.69, 9.17) is 28.5 Å². The third kappa shape index (κ3) is 2.71. The van der Waals surface area contributed by atoms with E-state index < -0.39 is 0 Å². The van der Waals surface area contributed by atoms with Gasteiger partial charge in [-0.15, -0.1) is 0 Å². The topological polar surface area (TPSA) is 35.8 Å². The second kappa shape index (κ2) is 5.09. The van der Waals surface area contributed by atoms with Crippen LogP contribution < -0.4 is 5.32 Å². The predicted octanol–water partition coefficient (Wildman–Crippen LogP) is 4.61. The van der Waals surface area contributed by atoms with Crippen LogP contribution in [0.2, 0.25) is 10.0 Å². The maximum Gasteiger partial charge on any atom is 0.0992 e. The van der Waals surface area contributed by atoms with Crippen LogP contribution in [0.4, 0.5) is 11.4 Å². The highest BCUT2D eigenvalue weighted by Crippen LogP contribution is 2.32. The second-order valence-corrected chi connectivity index (χ2v) is 4.23. The lowest BCUT2D eigenvalue weighted by atomic mass is 10.2. The molecule has 0 aliphatic carbocycles. The van der Waals surface area contributed by atoms with Gasteiger partial charge in [0.2, 0.25) is 0 Å². The zero-order chi connectivity index (χ0) is 12.3. The standard InChI is InChI=1S/C13H8Cl2N2/c14-11-5-2-6-12(15)13(11)17-10-4-1-3-9(7-10)8-16/h1-7,17H. The van der Waals surface area contributed by atoms with Crippen LogP contribution in [0.5, 0.6) is 0 Å². The minimum atomic E-state index is 0.542. The highest BCUT2D eigenvalue weighted by Gasteiger charge is 2.05. The number of hydrogen-bond donors (Lipinski definition) is 1. The van der Waals surface area contributed by atoms with Crippen molar-refractivity contribution in [2.24, 2.45) is 0 Å². The van der Waals surface area contributed by atoms with E-state index in [0.29, 0.717) is 21.3 Å². The molecule has 0 bridgehead atoms. The van der Waals surface area contributed by atoms with Gasteiger partial charge < -0.3 is 5.32 Å². The van der Waals surface area contributed by atoms with E-state index in [9.17, 15) is 0 Å². The molecule has 1 N–H and O–H groups in total. The second-order valence-electron chi connectivity index (χ2n) is 3.41. The summed E-state index contributed by atoms with van der Waals surface area (Å²) in [6.45, 7) is 0. The van der Waals surface area contributed by atoms with Crippen molar-refractivity contribution < 1.29 is 0 Å². The fourth-order valence-corrected chi connectivity index (χ4v) is 1.92. The third-order valence-electron chi connectivity index (χ3n) is 2.22. The molecular formula is C13H8Cl2N2. The normalized spacial score (nSPS) is 9.71. The van der Waals surface area contributed by atoms with Crippen molar-refractivity contribution in [3.05, 3.63) is 58.1 Å². The third-order valence-corrected chi connectivity index (χ3v) is 2.85. The van der Waals surface area contributed by atoms with Gasteiger partial charge in [0.05, 0.1) is 27.4 Å². The van der Waals surface area contributed by atoms with Crippen LogP contribution in [0.25, 0.3) is 0 Å². The molecule has 0 saturated carbocycles. The molecule has 2 nitrogen and oxygen atoms in total. The number of hydrogen-bond acceptors (Lipinski definition) is 2. The van der Waals surface area contributed by atoms with Gasteiger partial charge in [-0.05, 0) is 30.3 Å². The quantitative estimate of drug-likeness (QED) is 0.858. The highest BCUT2D eigenvalue weighted by atomic mass is 35.5. The van der Waals surface area contributed by atoms with Gasteiger partial charge >= 0.3 is 0 Å². The molecule has 0 atom stereocenters. The van der Waals surface area contributed by atoms with E-state index in [0.717, 1.165) is 5.69 Å². The molecule has 0 aliphatic rings. The molecule has 0 fully saturated rings. The Morgan fingerprint density at radius 1 is 1.00 bits per heavy atom. The SMILES string of the molecule is N#Cc1cccc(Nc2c(Cl)cccc2Cl)c1. The minimum Gasteiger partial charge on any atom is -0.353 e. The van der Waals surface area contributed by atoms with E-state index in [-0.39, 0.29) is 0 Å². The lowest BCUT2D eigenvalue weighted by Gasteiger charge is -2.10. The summed E-state index contributed by atoms with van der Waals surface area (Å²) in [6, 6.07) is 14.5. The smallest absolute Gasteiger partial charge is 0.0992 e. The molecule has 2 aromatic carbocycles. The van der Waals surface area contributed by atoms with Crippen LogP contribution in [0.15, 0.2) is 42.5 Å². The first kappa shape index (κ1) is 11.8. The predicted molar refractivity (Wildman–Crippen MR) is 70.9 cm³/mol. The number of nitrogens with one attached hydrogen (secondary N) is 1. The lowest BCUT2D eigenvalue weighted by Crippen LogP contribution is -1.92. The molecule has 84 valence electrons. The highest BCUT2D eigenvalue weighted by molar-refractivity contribution is 6.39. The summed E-state index contributed by atoms with van der Waals surface area (Å²) < 4.78 is 0. The molecule has 17 heavy (non-hydrogen) atoms. The van der Waals surface area contributed by atoms with Crippen molar-refractivity contribution in [3.63, 3.8) is 0 Å². The molecule has 0 unspecified atom stereocenters. The molecule has 0 heterocycles. The van der Waals surface area contributed by atoms with Crippen LogP contribution in [-0.4, -0.2) is 0 Å². The maximum absolute atomic E-state index is 8.81. The molecular weight excluding hydrogens is 255 g/mol. The molecule has 4 heteroatoms. The number of halogens is 2. The van der Waals surface area contributed by atoms with Gasteiger partial charge in [0, 0.05) is 5.69 Å². The van der Waals surface area contributed by atoms with Crippen molar-refractivity contribution in [2.75, 3.05) is 5.32 Å². The van der Waals surface area contributed by atoms with Gasteiger partial charge in [-0.3, -0.25) is 0 Å². The van der Waals surface area contributed by atoms with E-state index in [1.54, 1.807) is 36.4 Å². The van der Waals surface area contributed by atoms with Gasteiger partial charge in [-0.25, -0.2) is 0 Å². The zero-order valence-corrected chi connectivity index (χ0v) is 10.3. The average Bonchev–Trinajstić information content (AvgIpc) is 2.34. The maximum atomic E-state index is 8.81. The van der Waals surface area contributed by atoms with Gasteiger partial charge in [-0.1, -0.05) is 35.3 Å². The number of benzene rings is 2. The Balaban J connectivity index is 2.35. The molecule has 0 spiro atoms. The summed E-state index contributed by atoms with van der Waals surface area (Å²) in [5, 5.41) is 13.0. The number of nitriles is 1. The lowest BCUT2D eigenvalue weighted by molar-refractivity contribution is 1.47. The van der Waals surface area contributed by atoms with E-state index in [1.165, 1.54) is 0 Å². The Hall–Kier alpha value is -1.69. The molecule has 0 aliphatic heterocycles. The Bertz CT molecular complexity index is 568. The number of anilines is 2. The summed E-state index contributed by atoms with van der Waals surface area (Å²) in [5.74, 6) is 0. The van der Waals surface area contributed by atoms with E-state index in [1.807, 2.05) is 6.07 Å². The van der Waals surface area contributed by atoms with Crippen molar-refractivity contribution >= 4 is 34.6 Å². The van der Waals surface area contributed by atoms with Gasteiger partial charge in [0.25, 0.3) is 0 Å². The summed E-state index contributed by atoms with van der Waals surface area (Å²) in [7, 11) is 0. The van der Waals surface area contributed by atoms with Crippen molar-refractivity contribution in [3.8, 4) is 6.07 Å². The number of para-hydroxylation sites is 1. The van der Waals surface area contributed by atoms with Gasteiger partial charge in [-0.2, -0.15) is 5.26 Å². The fourth-order valence-electron chi connectivity index (χ4n) is 1.43. The van der Waals surface area contributed by atoms with Gasteiger partial charge in [0.15, 0.2) is 0 Å². The van der Waals surface area contributed by atoms with Crippen LogP contribution in [0, 0.1) is 11.3 Å². The Labute approximate surface area is 109 Å². The van der Waals surface area contributed by atoms with E-state index in [2.05, 4.69) is 11.4 Å². The van der Waals surface area contributed by atoms with Crippen molar-refractivity contribution in [2.45, 2.75) is 0 Å². The fraction of sp³-hybridized carbons (Fsp3) is 0. The van der Waals surface area contributed by atoms with Crippen molar-refractivity contribution in [1.29, 1.82) is 5.26 Å². The minimum absolute atomic E-state index is 0.542. The van der Waals surface area contributed by atoms with E-state index >= 15 is 0 Å². The first-order valence-corrected chi connectivity index (χ1v) is 5.67. The van der Waals surface area contributed by atoms with Crippen LogP contribution in [-0.2, 0) is 0 Å². The van der Waals surface area contributed by atoms with Crippen LogP contribution >= 0.6 is 23.2 Å². The average molecular weight is 263 g/mol. The summed E-state index contributed by atoms with van der Waals surface area (Å²) in [4.78, 5) is 0. The Kier molecular flexibility index (Phi) is 3.53. The molecule has 0 aromatic heterocycles. The molecule has 0 amide bonds. The number of nitrogens with zero attached hydrogens (tertiary/aromatic N) is 1. The van der Waals surface area contributed by atoms with Crippen LogP contribution in [0.3, 0.4) is 0 Å². The van der Waals surface area contributed by atoms with Crippen LogP contribution in [0.1, 0.15) is 5.56 Å². The Morgan fingerprint density at radius 3 is 2.29 bits per heavy atom. The summed E-state index contributed by atoms with van der Waals surface area (Å²) in [6.07, 6.45) is 0. The molecule has 2 rings (SSSR count).